The monoisotopic (exact) mass is 286 g/mol. The summed E-state index contributed by atoms with van der Waals surface area (Å²) in [5.41, 5.74) is 2.36. The number of fused-ring (bicyclic) bond motifs is 3. The second-order valence-corrected chi connectivity index (χ2v) is 5.01. The first kappa shape index (κ1) is 10.6. The Morgan fingerprint density at radius 3 is 2.94 bits per heavy atom. The Morgan fingerprint density at radius 1 is 1.24 bits per heavy atom. The summed E-state index contributed by atoms with van der Waals surface area (Å²) in [6.07, 6.45) is 4.51. The molecular formula is C15H11BrO. The quantitative estimate of drug-likeness (QED) is 0.744. The zero-order chi connectivity index (χ0) is 11.8. The maximum atomic E-state index is 5.62. The molecule has 2 heteroatoms. The summed E-state index contributed by atoms with van der Waals surface area (Å²) in [7, 11) is 0. The van der Waals surface area contributed by atoms with Crippen molar-refractivity contribution in [1.29, 1.82) is 0 Å². The van der Waals surface area contributed by atoms with Crippen LogP contribution in [0.4, 0.5) is 0 Å². The second kappa shape index (κ2) is 4.04. The van der Waals surface area contributed by atoms with Gasteiger partial charge in [-0.3, -0.25) is 0 Å². The maximum Gasteiger partial charge on any atom is 0.130 e. The van der Waals surface area contributed by atoms with Crippen LogP contribution in [-0.4, -0.2) is 0 Å². The fourth-order valence-electron chi connectivity index (χ4n) is 2.14. The lowest BCUT2D eigenvalue weighted by molar-refractivity contribution is 0.461. The first-order chi connectivity index (χ1) is 8.28. The van der Waals surface area contributed by atoms with Gasteiger partial charge in [-0.15, -0.1) is 0 Å². The van der Waals surface area contributed by atoms with Gasteiger partial charge in [0.2, 0.25) is 0 Å². The molecule has 0 aliphatic carbocycles. The highest BCUT2D eigenvalue weighted by molar-refractivity contribution is 9.10. The SMILES string of the molecule is C=CC1=COc2ccc3cc(Br)ccc3c2C1. The molecule has 0 unspecified atom stereocenters. The molecule has 17 heavy (non-hydrogen) atoms. The first-order valence-electron chi connectivity index (χ1n) is 5.47. The van der Waals surface area contributed by atoms with E-state index in [1.54, 1.807) is 6.26 Å². The summed E-state index contributed by atoms with van der Waals surface area (Å²) in [4.78, 5) is 0. The summed E-state index contributed by atoms with van der Waals surface area (Å²) >= 11 is 3.50. The smallest absolute Gasteiger partial charge is 0.130 e. The molecule has 0 amide bonds. The molecule has 0 aromatic heterocycles. The molecule has 0 saturated heterocycles. The zero-order valence-electron chi connectivity index (χ0n) is 9.24. The first-order valence-corrected chi connectivity index (χ1v) is 6.26. The normalized spacial score (nSPS) is 13.8. The van der Waals surface area contributed by atoms with Gasteiger partial charge in [0.1, 0.15) is 5.75 Å². The van der Waals surface area contributed by atoms with Crippen molar-refractivity contribution in [1.82, 2.24) is 0 Å². The number of benzene rings is 2. The number of ether oxygens (including phenoxy) is 1. The van der Waals surface area contributed by atoms with E-state index in [1.165, 1.54) is 16.3 Å². The Bertz CT molecular complexity index is 641. The molecule has 0 radical (unpaired) electrons. The number of rotatable bonds is 1. The summed E-state index contributed by atoms with van der Waals surface area (Å²) in [5.74, 6) is 0.949. The Kier molecular flexibility index (Phi) is 2.52. The average Bonchev–Trinajstić information content (AvgIpc) is 2.37. The van der Waals surface area contributed by atoms with Crippen molar-refractivity contribution in [2.45, 2.75) is 6.42 Å². The van der Waals surface area contributed by atoms with Crippen LogP contribution in [0.1, 0.15) is 5.56 Å². The molecule has 84 valence electrons. The van der Waals surface area contributed by atoms with Crippen LogP contribution in [-0.2, 0) is 6.42 Å². The zero-order valence-corrected chi connectivity index (χ0v) is 10.8. The van der Waals surface area contributed by atoms with Gasteiger partial charge < -0.3 is 4.74 Å². The van der Waals surface area contributed by atoms with Crippen LogP contribution >= 0.6 is 15.9 Å². The number of halogens is 1. The van der Waals surface area contributed by atoms with Gasteiger partial charge >= 0.3 is 0 Å². The van der Waals surface area contributed by atoms with Crippen LogP contribution in [0.15, 0.2) is 59.3 Å². The van der Waals surface area contributed by atoms with E-state index in [-0.39, 0.29) is 0 Å². The van der Waals surface area contributed by atoms with Crippen molar-refractivity contribution in [2.75, 3.05) is 0 Å². The van der Waals surface area contributed by atoms with Crippen molar-refractivity contribution in [3.05, 3.63) is 64.9 Å². The summed E-state index contributed by atoms with van der Waals surface area (Å²) in [6.45, 7) is 3.80. The molecule has 0 spiro atoms. The molecule has 1 aliphatic rings. The Labute approximate surface area is 109 Å². The van der Waals surface area contributed by atoms with Crippen molar-refractivity contribution < 1.29 is 4.74 Å². The molecule has 0 atom stereocenters. The number of hydrogen-bond donors (Lipinski definition) is 0. The lowest BCUT2D eigenvalue weighted by atomic mass is 9.96. The number of hydrogen-bond acceptors (Lipinski definition) is 1. The van der Waals surface area contributed by atoms with Crippen LogP contribution < -0.4 is 4.74 Å². The molecule has 0 saturated carbocycles. The minimum atomic E-state index is 0.887. The highest BCUT2D eigenvalue weighted by atomic mass is 79.9. The second-order valence-electron chi connectivity index (χ2n) is 4.10. The summed E-state index contributed by atoms with van der Waals surface area (Å²) in [6, 6.07) is 10.4. The molecule has 2 aromatic carbocycles. The van der Waals surface area contributed by atoms with Crippen molar-refractivity contribution >= 4 is 26.7 Å². The van der Waals surface area contributed by atoms with Gasteiger partial charge in [0.05, 0.1) is 6.26 Å². The van der Waals surface area contributed by atoms with Gasteiger partial charge in [0.25, 0.3) is 0 Å². The fourth-order valence-corrected chi connectivity index (χ4v) is 2.52. The molecule has 0 N–H and O–H groups in total. The molecule has 1 nitrogen and oxygen atoms in total. The van der Waals surface area contributed by atoms with Crippen molar-refractivity contribution in [2.24, 2.45) is 0 Å². The maximum absolute atomic E-state index is 5.62. The van der Waals surface area contributed by atoms with Crippen molar-refractivity contribution in [3.63, 3.8) is 0 Å². The minimum Gasteiger partial charge on any atom is -0.464 e. The Hall–Kier alpha value is -1.54. The van der Waals surface area contributed by atoms with E-state index in [1.807, 2.05) is 12.1 Å². The summed E-state index contributed by atoms with van der Waals surface area (Å²) < 4.78 is 6.72. The molecule has 1 aliphatic heterocycles. The highest BCUT2D eigenvalue weighted by Crippen LogP contribution is 2.34. The van der Waals surface area contributed by atoms with Crippen LogP contribution in [0.25, 0.3) is 10.8 Å². The van der Waals surface area contributed by atoms with Crippen LogP contribution in [0.2, 0.25) is 0 Å². The van der Waals surface area contributed by atoms with Gasteiger partial charge in [-0.25, -0.2) is 0 Å². The van der Waals surface area contributed by atoms with E-state index < -0.39 is 0 Å². The third-order valence-corrected chi connectivity index (χ3v) is 3.52. The molecule has 3 rings (SSSR count). The molecule has 0 fully saturated rings. The van der Waals surface area contributed by atoms with Crippen LogP contribution in [0.3, 0.4) is 0 Å². The third kappa shape index (κ3) is 1.79. The van der Waals surface area contributed by atoms with Gasteiger partial charge in [-0.1, -0.05) is 40.7 Å². The highest BCUT2D eigenvalue weighted by Gasteiger charge is 2.14. The van der Waals surface area contributed by atoms with E-state index in [0.717, 1.165) is 22.2 Å². The molecule has 2 aromatic rings. The van der Waals surface area contributed by atoms with Gasteiger partial charge in [0.15, 0.2) is 0 Å². The van der Waals surface area contributed by atoms with E-state index in [2.05, 4.69) is 46.8 Å². The predicted octanol–water partition coefficient (Wildman–Crippen LogP) is 4.61. The van der Waals surface area contributed by atoms with Gasteiger partial charge in [-0.2, -0.15) is 0 Å². The number of allylic oxidation sites excluding steroid dienone is 2. The van der Waals surface area contributed by atoms with E-state index in [9.17, 15) is 0 Å². The van der Waals surface area contributed by atoms with Gasteiger partial charge in [0, 0.05) is 16.5 Å². The largest absolute Gasteiger partial charge is 0.464 e. The average molecular weight is 287 g/mol. The van der Waals surface area contributed by atoms with E-state index >= 15 is 0 Å². The topological polar surface area (TPSA) is 9.23 Å². The standard InChI is InChI=1S/C15H11BrO/c1-2-10-7-14-13-5-4-12(16)8-11(13)3-6-15(14)17-9-10/h2-6,8-9H,1,7H2. The fraction of sp³-hybridized carbons (Fsp3) is 0.0667. The van der Waals surface area contributed by atoms with E-state index in [0.29, 0.717) is 0 Å². The van der Waals surface area contributed by atoms with Crippen LogP contribution in [0.5, 0.6) is 5.75 Å². The van der Waals surface area contributed by atoms with Crippen LogP contribution in [0, 0.1) is 0 Å². The minimum absolute atomic E-state index is 0.887. The third-order valence-electron chi connectivity index (χ3n) is 3.03. The van der Waals surface area contributed by atoms with Gasteiger partial charge in [-0.05, 0) is 34.5 Å². The molecule has 1 heterocycles. The Balaban J connectivity index is 2.24. The van der Waals surface area contributed by atoms with Crippen molar-refractivity contribution in [3.8, 4) is 5.75 Å². The Morgan fingerprint density at radius 2 is 2.12 bits per heavy atom. The molecule has 0 bridgehead atoms. The lowest BCUT2D eigenvalue weighted by Crippen LogP contribution is -2.02. The molecular weight excluding hydrogens is 276 g/mol. The van der Waals surface area contributed by atoms with E-state index in [4.69, 9.17) is 4.74 Å². The predicted molar refractivity (Wildman–Crippen MR) is 74.3 cm³/mol. The summed E-state index contributed by atoms with van der Waals surface area (Å²) in [5, 5.41) is 2.48. The lowest BCUT2D eigenvalue weighted by Gasteiger charge is -2.17.